The Bertz CT molecular complexity index is 1490. The van der Waals surface area contributed by atoms with Crippen LogP contribution in [-0.2, 0) is 7.05 Å². The Balaban J connectivity index is 1.73. The molecule has 4 rings (SSSR count). The summed E-state index contributed by atoms with van der Waals surface area (Å²) >= 11 is 0. The van der Waals surface area contributed by atoms with Crippen LogP contribution in [0.1, 0.15) is 0 Å². The number of likely N-dealkylation sites (N-methyl/N-ethyl adjacent to an activating group) is 2. The molecule has 0 saturated heterocycles. The fraction of sp³-hybridized carbons (Fsp3) is 0.296. The quantitative estimate of drug-likeness (QED) is 0.204. The average Bonchev–Trinajstić information content (AvgIpc) is 3.17. The summed E-state index contributed by atoms with van der Waals surface area (Å²) in [5, 5.41) is 16.5. The summed E-state index contributed by atoms with van der Waals surface area (Å²) in [6.45, 7) is 5.26. The number of fused-ring (bicyclic) bond motifs is 1. The van der Waals surface area contributed by atoms with Crippen molar-refractivity contribution in [1.29, 1.82) is 0 Å². The highest BCUT2D eigenvalue weighted by atomic mass is 16.5. The standard InChI is InChI=1S/C27H34N8O3/c1-7-25(36)29-18-16-19(23(38-6)17-22(18)33(4)15-14-32(2)3)30-26-28-13-12-24(31-26)35-21-11-9-8-10-20(21)34(5)27(35)37/h7-13,16-17,25,29,36H,1,14-15H2,2-6H3,(H,28,30,31). The number of aliphatic hydroxyl groups excluding tert-OH is 1. The van der Waals surface area contributed by atoms with Crippen molar-refractivity contribution >= 4 is 34.0 Å². The van der Waals surface area contributed by atoms with Gasteiger partial charge in [0, 0.05) is 45.5 Å². The highest BCUT2D eigenvalue weighted by Gasteiger charge is 2.18. The molecule has 0 spiro atoms. The van der Waals surface area contributed by atoms with E-state index in [0.29, 0.717) is 22.9 Å². The molecule has 11 heteroatoms. The fourth-order valence-electron chi connectivity index (χ4n) is 4.12. The first-order valence-electron chi connectivity index (χ1n) is 12.2. The van der Waals surface area contributed by atoms with Crippen molar-refractivity contribution in [2.75, 3.05) is 56.9 Å². The lowest BCUT2D eigenvalue weighted by molar-refractivity contribution is 0.253. The van der Waals surface area contributed by atoms with E-state index in [1.807, 2.05) is 57.5 Å². The van der Waals surface area contributed by atoms with Crippen molar-refractivity contribution in [3.05, 3.63) is 71.8 Å². The smallest absolute Gasteiger partial charge is 0.334 e. The largest absolute Gasteiger partial charge is 0.494 e. The van der Waals surface area contributed by atoms with Crippen molar-refractivity contribution in [3.63, 3.8) is 0 Å². The monoisotopic (exact) mass is 518 g/mol. The predicted molar refractivity (Wildman–Crippen MR) is 152 cm³/mol. The van der Waals surface area contributed by atoms with Crippen LogP contribution in [0.5, 0.6) is 5.75 Å². The van der Waals surface area contributed by atoms with E-state index < -0.39 is 6.23 Å². The number of hydrogen-bond acceptors (Lipinski definition) is 9. The van der Waals surface area contributed by atoms with Gasteiger partial charge in [-0.05, 0) is 38.4 Å². The number of imidazole rings is 1. The number of anilines is 4. The number of methoxy groups -OCH3 is 1. The van der Waals surface area contributed by atoms with Gasteiger partial charge in [0.25, 0.3) is 0 Å². The van der Waals surface area contributed by atoms with E-state index in [1.165, 1.54) is 6.08 Å². The van der Waals surface area contributed by atoms with Gasteiger partial charge in [-0.25, -0.2) is 14.3 Å². The second kappa shape index (κ2) is 11.4. The number of ether oxygens (including phenoxy) is 1. The maximum atomic E-state index is 13.0. The molecule has 2 aromatic carbocycles. The molecular formula is C27H34N8O3. The number of aromatic nitrogens is 4. The highest BCUT2D eigenvalue weighted by Crippen LogP contribution is 2.38. The molecule has 38 heavy (non-hydrogen) atoms. The summed E-state index contributed by atoms with van der Waals surface area (Å²) < 4.78 is 8.83. The summed E-state index contributed by atoms with van der Waals surface area (Å²) in [7, 11) is 9.33. The van der Waals surface area contributed by atoms with Gasteiger partial charge in [-0.15, -0.1) is 0 Å². The van der Waals surface area contributed by atoms with Gasteiger partial charge in [0.15, 0.2) is 0 Å². The van der Waals surface area contributed by atoms with Gasteiger partial charge in [-0.2, -0.15) is 4.98 Å². The first-order chi connectivity index (χ1) is 18.2. The van der Waals surface area contributed by atoms with E-state index in [1.54, 1.807) is 35.6 Å². The van der Waals surface area contributed by atoms with E-state index >= 15 is 0 Å². The zero-order valence-corrected chi connectivity index (χ0v) is 22.3. The molecule has 3 N–H and O–H groups in total. The molecule has 0 radical (unpaired) electrons. The van der Waals surface area contributed by atoms with Gasteiger partial charge in [0.05, 0.1) is 35.2 Å². The molecule has 1 unspecified atom stereocenters. The Morgan fingerprint density at radius 2 is 1.87 bits per heavy atom. The molecule has 0 bridgehead atoms. The van der Waals surface area contributed by atoms with Crippen LogP contribution in [0.25, 0.3) is 16.9 Å². The number of hydrogen-bond donors (Lipinski definition) is 3. The summed E-state index contributed by atoms with van der Waals surface area (Å²) in [5.41, 5.74) is 3.44. The van der Waals surface area contributed by atoms with Crippen LogP contribution >= 0.6 is 0 Å². The first kappa shape index (κ1) is 26.7. The van der Waals surface area contributed by atoms with Gasteiger partial charge in [0.2, 0.25) is 5.95 Å². The molecule has 0 saturated carbocycles. The molecule has 0 aliphatic heterocycles. The van der Waals surface area contributed by atoms with E-state index in [9.17, 15) is 9.90 Å². The number of aryl methyl sites for hydroxylation is 1. The molecule has 200 valence electrons. The maximum Gasteiger partial charge on any atom is 0.334 e. The van der Waals surface area contributed by atoms with Crippen LogP contribution in [0, 0.1) is 0 Å². The number of rotatable bonds is 11. The molecule has 0 fully saturated rings. The van der Waals surface area contributed by atoms with E-state index in [0.717, 1.165) is 29.8 Å². The number of benzene rings is 2. The number of nitrogens with zero attached hydrogens (tertiary/aromatic N) is 6. The Morgan fingerprint density at radius 1 is 1.13 bits per heavy atom. The second-order valence-corrected chi connectivity index (χ2v) is 9.15. The predicted octanol–water partition coefficient (Wildman–Crippen LogP) is 2.79. The van der Waals surface area contributed by atoms with E-state index in [2.05, 4.69) is 37.0 Å². The molecule has 4 aromatic rings. The van der Waals surface area contributed by atoms with Gasteiger partial charge >= 0.3 is 5.69 Å². The number of aliphatic hydroxyl groups is 1. The highest BCUT2D eigenvalue weighted by molar-refractivity contribution is 5.81. The van der Waals surface area contributed by atoms with Crippen LogP contribution in [0.15, 0.2) is 66.1 Å². The third-order valence-corrected chi connectivity index (χ3v) is 6.22. The Labute approximate surface area is 221 Å². The number of nitrogens with one attached hydrogen (secondary N) is 2. The Morgan fingerprint density at radius 3 is 2.55 bits per heavy atom. The van der Waals surface area contributed by atoms with Crippen molar-refractivity contribution in [3.8, 4) is 11.6 Å². The molecule has 0 aliphatic carbocycles. The lowest BCUT2D eigenvalue weighted by Crippen LogP contribution is -2.29. The molecule has 2 aromatic heterocycles. The second-order valence-electron chi connectivity index (χ2n) is 9.15. The summed E-state index contributed by atoms with van der Waals surface area (Å²) in [5.74, 6) is 1.28. The fourth-order valence-corrected chi connectivity index (χ4v) is 4.12. The van der Waals surface area contributed by atoms with Gasteiger partial charge in [-0.1, -0.05) is 18.7 Å². The minimum absolute atomic E-state index is 0.205. The van der Waals surface area contributed by atoms with E-state index in [4.69, 9.17) is 4.74 Å². The van der Waals surface area contributed by atoms with Gasteiger partial charge in [-0.3, -0.25) is 4.57 Å². The van der Waals surface area contributed by atoms with Crippen LogP contribution in [0.3, 0.4) is 0 Å². The summed E-state index contributed by atoms with van der Waals surface area (Å²) in [6.07, 6.45) is 2.06. The Kier molecular flexibility index (Phi) is 7.99. The normalized spacial score (nSPS) is 12.0. The van der Waals surface area contributed by atoms with Crippen LogP contribution < -0.4 is 26.0 Å². The van der Waals surface area contributed by atoms with Crippen molar-refractivity contribution in [2.45, 2.75) is 6.23 Å². The SMILES string of the molecule is C=CC(O)Nc1cc(Nc2nccc(-n3c(=O)n(C)c4ccccc43)n2)c(OC)cc1N(C)CCN(C)C. The zero-order valence-electron chi connectivity index (χ0n) is 22.3. The topological polar surface area (TPSA) is 113 Å². The lowest BCUT2D eigenvalue weighted by atomic mass is 10.2. The van der Waals surface area contributed by atoms with Gasteiger partial charge < -0.3 is 30.3 Å². The Hall–Kier alpha value is -4.35. The number of para-hydroxylation sites is 2. The summed E-state index contributed by atoms with van der Waals surface area (Å²) in [6, 6.07) is 12.9. The van der Waals surface area contributed by atoms with Crippen LogP contribution in [0.4, 0.5) is 23.0 Å². The van der Waals surface area contributed by atoms with Crippen LogP contribution in [0.2, 0.25) is 0 Å². The lowest BCUT2D eigenvalue weighted by Gasteiger charge is -2.27. The minimum Gasteiger partial charge on any atom is -0.494 e. The summed E-state index contributed by atoms with van der Waals surface area (Å²) in [4.78, 5) is 26.2. The van der Waals surface area contributed by atoms with Crippen LogP contribution in [-0.4, -0.2) is 76.7 Å². The van der Waals surface area contributed by atoms with E-state index in [-0.39, 0.29) is 11.6 Å². The molecular weight excluding hydrogens is 484 g/mol. The minimum atomic E-state index is -0.949. The maximum absolute atomic E-state index is 13.0. The van der Waals surface area contributed by atoms with Crippen molar-refractivity contribution in [1.82, 2.24) is 24.0 Å². The van der Waals surface area contributed by atoms with Gasteiger partial charge in [0.1, 0.15) is 17.8 Å². The third-order valence-electron chi connectivity index (χ3n) is 6.22. The third kappa shape index (κ3) is 5.48. The molecule has 0 amide bonds. The molecule has 0 aliphatic rings. The molecule has 2 heterocycles. The van der Waals surface area contributed by atoms with Crippen molar-refractivity contribution in [2.24, 2.45) is 7.05 Å². The zero-order chi connectivity index (χ0) is 27.4. The first-order valence-corrected chi connectivity index (χ1v) is 12.2. The molecule has 11 nitrogen and oxygen atoms in total. The molecule has 1 atom stereocenters. The average molecular weight is 519 g/mol. The van der Waals surface area contributed by atoms with Crippen molar-refractivity contribution < 1.29 is 9.84 Å².